The zero-order chi connectivity index (χ0) is 14.8. The quantitative estimate of drug-likeness (QED) is 0.702. The Balaban J connectivity index is 0.00000220. The van der Waals surface area contributed by atoms with Crippen molar-refractivity contribution in [2.45, 2.75) is 20.0 Å². The van der Waals surface area contributed by atoms with Crippen LogP contribution in [0.25, 0.3) is 0 Å². The number of aromatic nitrogens is 2. The normalized spacial score (nSPS) is 11.1. The largest absolute Gasteiger partial charge is 1.00 e. The molecule has 0 aliphatic carbocycles. The fourth-order valence-electron chi connectivity index (χ4n) is 1.82. The molecule has 1 aromatic carbocycles. The summed E-state index contributed by atoms with van der Waals surface area (Å²) in [4.78, 5) is 0. The second-order valence-corrected chi connectivity index (χ2v) is 4.54. The maximum absolute atomic E-state index is 12.5. The Bertz CT molecular complexity index is 584. The molecule has 0 atom stereocenters. The van der Waals surface area contributed by atoms with Crippen molar-refractivity contribution in [2.24, 2.45) is 7.05 Å². The summed E-state index contributed by atoms with van der Waals surface area (Å²) in [6, 6.07) is 6.67. The summed E-state index contributed by atoms with van der Waals surface area (Å²) in [5.74, 6) is 0.410. The monoisotopic (exact) mass is 322 g/mol. The summed E-state index contributed by atoms with van der Waals surface area (Å²) < 4.78 is 44.6. The van der Waals surface area contributed by atoms with Gasteiger partial charge in [-0.2, -0.15) is 5.10 Å². The Morgan fingerprint density at radius 2 is 1.81 bits per heavy atom. The van der Waals surface area contributed by atoms with Gasteiger partial charge in [-0.15, -0.1) is 5.46 Å². The Kier molecular flexibility index (Phi) is 6.99. The first kappa shape index (κ1) is 18.8. The second kappa shape index (κ2) is 7.82. The average Bonchev–Trinajstić information content (AvgIpc) is 2.76. The number of benzene rings is 1. The van der Waals surface area contributed by atoms with E-state index in [-0.39, 0.29) is 58.0 Å². The molecule has 0 spiro atoms. The summed E-state index contributed by atoms with van der Waals surface area (Å²) in [5, 5.41) is 4.28. The Morgan fingerprint density at radius 1 is 1.19 bits per heavy atom. The van der Waals surface area contributed by atoms with Crippen LogP contribution in [0.2, 0.25) is 0 Å². The fraction of sp³-hybridized carbons (Fsp3) is 0.308. The number of halogens is 3. The molecule has 2 rings (SSSR count). The van der Waals surface area contributed by atoms with E-state index in [9.17, 15) is 12.9 Å². The van der Waals surface area contributed by atoms with Crippen molar-refractivity contribution in [2.75, 3.05) is 0 Å². The first-order valence-electron chi connectivity index (χ1n) is 6.34. The van der Waals surface area contributed by atoms with E-state index in [0.29, 0.717) is 5.75 Å². The average molecular weight is 322 g/mol. The smallest absolute Gasteiger partial charge is 0.487 e. The van der Waals surface area contributed by atoms with Crippen molar-refractivity contribution < 1.29 is 69.1 Å². The van der Waals surface area contributed by atoms with Gasteiger partial charge in [0.1, 0.15) is 12.4 Å². The SMILES string of the molecule is CCc1cc(COc2ccc([B-](F)(F)F)cc2)n(C)n1.[K+]. The zero-order valence-electron chi connectivity index (χ0n) is 12.3. The minimum absolute atomic E-state index is 0. The van der Waals surface area contributed by atoms with Crippen molar-refractivity contribution in [3.05, 3.63) is 41.7 Å². The van der Waals surface area contributed by atoms with E-state index in [4.69, 9.17) is 4.74 Å². The van der Waals surface area contributed by atoms with Gasteiger partial charge in [0.2, 0.25) is 0 Å². The summed E-state index contributed by atoms with van der Waals surface area (Å²) in [5.41, 5.74) is 1.22. The standard InChI is InChI=1S/C13H15BF3N2O.K/c1-3-11-8-12(19(2)18-11)9-20-13-6-4-10(5-7-13)14(15,16)17;/h4-8H,3,9H2,1-2H3;/q-1;+1. The predicted octanol–water partition coefficient (Wildman–Crippen LogP) is -0.380. The maximum Gasteiger partial charge on any atom is 1.00 e. The van der Waals surface area contributed by atoms with E-state index in [1.54, 1.807) is 4.68 Å². The van der Waals surface area contributed by atoms with Crippen LogP contribution in [-0.4, -0.2) is 16.8 Å². The van der Waals surface area contributed by atoms with Gasteiger partial charge in [-0.05, 0) is 24.6 Å². The molecular weight excluding hydrogens is 307 g/mol. The van der Waals surface area contributed by atoms with Crippen LogP contribution in [0.1, 0.15) is 18.3 Å². The molecule has 1 aromatic heterocycles. The van der Waals surface area contributed by atoms with Crippen LogP contribution in [0.4, 0.5) is 12.9 Å². The van der Waals surface area contributed by atoms with E-state index in [0.717, 1.165) is 29.9 Å². The first-order chi connectivity index (χ1) is 9.40. The molecule has 0 amide bonds. The van der Waals surface area contributed by atoms with Crippen LogP contribution in [0.5, 0.6) is 5.75 Å². The molecule has 0 unspecified atom stereocenters. The van der Waals surface area contributed by atoms with Crippen LogP contribution in [-0.2, 0) is 20.1 Å². The van der Waals surface area contributed by atoms with Gasteiger partial charge in [0.15, 0.2) is 0 Å². The summed E-state index contributed by atoms with van der Waals surface area (Å²) in [6.07, 6.45) is 0.830. The number of ether oxygens (including phenoxy) is 1. The molecule has 0 aliphatic heterocycles. The Morgan fingerprint density at radius 3 is 2.29 bits per heavy atom. The summed E-state index contributed by atoms with van der Waals surface area (Å²) in [6.45, 7) is -2.67. The molecule has 0 saturated heterocycles. The summed E-state index contributed by atoms with van der Waals surface area (Å²) in [7, 11) is 1.81. The van der Waals surface area contributed by atoms with Gasteiger partial charge in [0.25, 0.3) is 0 Å². The van der Waals surface area contributed by atoms with Gasteiger partial charge >= 0.3 is 58.4 Å². The topological polar surface area (TPSA) is 27.1 Å². The molecule has 0 N–H and O–H groups in total. The number of hydrogen-bond acceptors (Lipinski definition) is 2. The first-order valence-corrected chi connectivity index (χ1v) is 6.34. The van der Waals surface area contributed by atoms with Crippen LogP contribution < -0.4 is 61.6 Å². The van der Waals surface area contributed by atoms with Crippen LogP contribution in [0, 0.1) is 0 Å². The van der Waals surface area contributed by atoms with Crippen LogP contribution in [0.3, 0.4) is 0 Å². The van der Waals surface area contributed by atoms with Crippen LogP contribution in [0.15, 0.2) is 30.3 Å². The van der Waals surface area contributed by atoms with E-state index in [1.165, 1.54) is 12.1 Å². The molecule has 0 aliphatic rings. The van der Waals surface area contributed by atoms with Gasteiger partial charge in [0, 0.05) is 7.05 Å². The van der Waals surface area contributed by atoms with Crippen LogP contribution >= 0.6 is 0 Å². The van der Waals surface area contributed by atoms with E-state index in [2.05, 4.69) is 5.10 Å². The molecular formula is C13H15BF3KN2O. The zero-order valence-corrected chi connectivity index (χ0v) is 15.4. The number of nitrogens with zero attached hydrogens (tertiary/aromatic N) is 2. The predicted molar refractivity (Wildman–Crippen MR) is 72.1 cm³/mol. The fourth-order valence-corrected chi connectivity index (χ4v) is 1.82. The molecule has 0 bridgehead atoms. The van der Waals surface area contributed by atoms with E-state index < -0.39 is 12.4 Å². The van der Waals surface area contributed by atoms with Gasteiger partial charge < -0.3 is 17.7 Å². The third kappa shape index (κ3) is 5.14. The molecule has 0 fully saturated rings. The Labute approximate surface area is 164 Å². The number of aryl methyl sites for hydroxylation is 2. The molecule has 3 nitrogen and oxygen atoms in total. The van der Waals surface area contributed by atoms with Crippen molar-refractivity contribution in [1.82, 2.24) is 9.78 Å². The molecule has 1 heterocycles. The minimum atomic E-state index is -4.95. The molecule has 0 radical (unpaired) electrons. The number of hydrogen-bond donors (Lipinski definition) is 0. The maximum atomic E-state index is 12.5. The van der Waals surface area contributed by atoms with Crippen molar-refractivity contribution in [3.8, 4) is 5.75 Å². The second-order valence-electron chi connectivity index (χ2n) is 4.54. The minimum Gasteiger partial charge on any atom is -0.487 e. The molecule has 8 heteroatoms. The number of rotatable bonds is 5. The van der Waals surface area contributed by atoms with E-state index >= 15 is 0 Å². The van der Waals surface area contributed by atoms with Gasteiger partial charge in [-0.3, -0.25) is 4.68 Å². The molecule has 2 aromatic rings. The third-order valence-corrected chi connectivity index (χ3v) is 3.03. The molecule has 21 heavy (non-hydrogen) atoms. The molecule has 108 valence electrons. The Hall–Kier alpha value is -0.279. The van der Waals surface area contributed by atoms with Gasteiger partial charge in [-0.25, -0.2) is 0 Å². The third-order valence-electron chi connectivity index (χ3n) is 3.03. The summed E-state index contributed by atoms with van der Waals surface area (Å²) >= 11 is 0. The van der Waals surface area contributed by atoms with Crippen molar-refractivity contribution in [1.29, 1.82) is 0 Å². The molecule has 0 saturated carbocycles. The van der Waals surface area contributed by atoms with Gasteiger partial charge in [-0.1, -0.05) is 19.1 Å². The van der Waals surface area contributed by atoms with E-state index in [1.807, 2.05) is 20.0 Å². The van der Waals surface area contributed by atoms with Crippen molar-refractivity contribution >= 4 is 12.4 Å². The van der Waals surface area contributed by atoms with Gasteiger partial charge in [0.05, 0.1) is 11.4 Å². The van der Waals surface area contributed by atoms with Crippen molar-refractivity contribution in [3.63, 3.8) is 0 Å².